The molecule has 0 amide bonds. The minimum Gasteiger partial charge on any atom is -0.508 e. The molecular formula is C20H26N2O. The SMILES string of the molecule is Cc1cc(C)c(NC2CCN(c3ccc(O)cc3)CC2)c(C)c1. The van der Waals surface area contributed by atoms with E-state index >= 15 is 0 Å². The normalized spacial score (nSPS) is 15.7. The molecule has 1 aliphatic rings. The fourth-order valence-electron chi connectivity index (χ4n) is 3.56. The first-order valence-corrected chi connectivity index (χ1v) is 8.41. The molecule has 3 rings (SSSR count). The van der Waals surface area contributed by atoms with Crippen molar-refractivity contribution in [2.45, 2.75) is 39.7 Å². The summed E-state index contributed by atoms with van der Waals surface area (Å²) in [5.74, 6) is 0.329. The topological polar surface area (TPSA) is 35.5 Å². The summed E-state index contributed by atoms with van der Waals surface area (Å²) in [6, 6.07) is 12.6. The lowest BCUT2D eigenvalue weighted by molar-refractivity contribution is 0.475. The Morgan fingerprint density at radius 3 is 2.09 bits per heavy atom. The van der Waals surface area contributed by atoms with E-state index in [-0.39, 0.29) is 0 Å². The van der Waals surface area contributed by atoms with E-state index in [9.17, 15) is 5.11 Å². The summed E-state index contributed by atoms with van der Waals surface area (Å²) >= 11 is 0. The molecular weight excluding hydrogens is 284 g/mol. The Morgan fingerprint density at radius 1 is 0.957 bits per heavy atom. The molecule has 0 bridgehead atoms. The highest BCUT2D eigenvalue weighted by molar-refractivity contribution is 5.59. The van der Waals surface area contributed by atoms with Crippen molar-refractivity contribution in [3.63, 3.8) is 0 Å². The molecule has 0 aliphatic carbocycles. The molecule has 0 aromatic heterocycles. The van der Waals surface area contributed by atoms with Crippen LogP contribution in [0.2, 0.25) is 0 Å². The first-order valence-electron chi connectivity index (χ1n) is 8.41. The van der Waals surface area contributed by atoms with Gasteiger partial charge in [0.05, 0.1) is 0 Å². The van der Waals surface area contributed by atoms with Gasteiger partial charge in [-0.1, -0.05) is 17.7 Å². The van der Waals surface area contributed by atoms with Crippen LogP contribution >= 0.6 is 0 Å². The number of aromatic hydroxyl groups is 1. The first-order chi connectivity index (χ1) is 11.0. The van der Waals surface area contributed by atoms with Crippen molar-refractivity contribution >= 4 is 11.4 Å². The zero-order valence-corrected chi connectivity index (χ0v) is 14.3. The zero-order chi connectivity index (χ0) is 16.4. The molecule has 0 spiro atoms. The summed E-state index contributed by atoms with van der Waals surface area (Å²) in [5, 5.41) is 13.2. The number of aryl methyl sites for hydroxylation is 3. The zero-order valence-electron chi connectivity index (χ0n) is 14.3. The maximum Gasteiger partial charge on any atom is 0.115 e. The summed E-state index contributed by atoms with van der Waals surface area (Å²) in [6.07, 6.45) is 2.27. The van der Waals surface area contributed by atoms with E-state index in [0.29, 0.717) is 11.8 Å². The monoisotopic (exact) mass is 310 g/mol. The van der Waals surface area contributed by atoms with E-state index in [2.05, 4.69) is 43.1 Å². The number of piperidine rings is 1. The molecule has 1 fully saturated rings. The summed E-state index contributed by atoms with van der Waals surface area (Å²) in [5.41, 5.74) is 6.50. The second-order valence-electron chi connectivity index (χ2n) is 6.70. The van der Waals surface area contributed by atoms with Gasteiger partial charge in [-0.05, 0) is 69.0 Å². The van der Waals surface area contributed by atoms with Crippen molar-refractivity contribution in [1.29, 1.82) is 0 Å². The second-order valence-corrected chi connectivity index (χ2v) is 6.70. The van der Waals surface area contributed by atoms with Gasteiger partial charge in [-0.2, -0.15) is 0 Å². The first kappa shape index (κ1) is 15.7. The van der Waals surface area contributed by atoms with Gasteiger partial charge in [0.25, 0.3) is 0 Å². The van der Waals surface area contributed by atoms with Crippen molar-refractivity contribution in [2.75, 3.05) is 23.3 Å². The van der Waals surface area contributed by atoms with Crippen molar-refractivity contribution < 1.29 is 5.11 Å². The minimum absolute atomic E-state index is 0.329. The quantitative estimate of drug-likeness (QED) is 0.882. The predicted molar refractivity (Wildman–Crippen MR) is 97.6 cm³/mol. The Morgan fingerprint density at radius 2 is 1.52 bits per heavy atom. The average molecular weight is 310 g/mol. The van der Waals surface area contributed by atoms with E-state index < -0.39 is 0 Å². The lowest BCUT2D eigenvalue weighted by atomic mass is 10.0. The number of hydrogen-bond acceptors (Lipinski definition) is 3. The van der Waals surface area contributed by atoms with Crippen LogP contribution in [0.25, 0.3) is 0 Å². The van der Waals surface area contributed by atoms with Gasteiger partial charge >= 0.3 is 0 Å². The molecule has 1 saturated heterocycles. The Kier molecular flexibility index (Phi) is 4.46. The van der Waals surface area contributed by atoms with Crippen molar-refractivity contribution in [3.8, 4) is 5.75 Å². The molecule has 3 nitrogen and oxygen atoms in total. The third-order valence-electron chi connectivity index (χ3n) is 4.74. The van der Waals surface area contributed by atoms with Crippen molar-refractivity contribution in [1.82, 2.24) is 0 Å². The number of phenolic OH excluding ortho intramolecular Hbond substituents is 1. The summed E-state index contributed by atoms with van der Waals surface area (Å²) in [7, 11) is 0. The third-order valence-corrected chi connectivity index (χ3v) is 4.74. The van der Waals surface area contributed by atoms with Crippen LogP contribution in [0.3, 0.4) is 0 Å². The molecule has 0 atom stereocenters. The largest absolute Gasteiger partial charge is 0.508 e. The third kappa shape index (κ3) is 3.61. The fourth-order valence-corrected chi connectivity index (χ4v) is 3.56. The molecule has 0 radical (unpaired) electrons. The number of rotatable bonds is 3. The van der Waals surface area contributed by atoms with Crippen LogP contribution in [0.15, 0.2) is 36.4 Å². The lowest BCUT2D eigenvalue weighted by Crippen LogP contribution is -2.39. The number of benzene rings is 2. The van der Waals surface area contributed by atoms with Crippen molar-refractivity contribution in [3.05, 3.63) is 53.1 Å². The Balaban J connectivity index is 1.62. The summed E-state index contributed by atoms with van der Waals surface area (Å²) in [4.78, 5) is 2.40. The van der Waals surface area contributed by atoms with Gasteiger partial charge in [-0.15, -0.1) is 0 Å². The maximum atomic E-state index is 9.40. The lowest BCUT2D eigenvalue weighted by Gasteiger charge is -2.35. The second kappa shape index (κ2) is 6.53. The van der Waals surface area contributed by atoms with Gasteiger partial charge in [-0.3, -0.25) is 0 Å². The molecule has 122 valence electrons. The number of nitrogens with one attached hydrogen (secondary N) is 1. The highest BCUT2D eigenvalue weighted by Gasteiger charge is 2.20. The van der Waals surface area contributed by atoms with Crippen LogP contribution in [0, 0.1) is 20.8 Å². The number of phenols is 1. The maximum absolute atomic E-state index is 9.40. The van der Waals surface area contributed by atoms with Gasteiger partial charge in [0, 0.05) is 30.5 Å². The summed E-state index contributed by atoms with van der Waals surface area (Å²) < 4.78 is 0. The standard InChI is InChI=1S/C20H26N2O/c1-14-12-15(2)20(16(3)13-14)21-17-8-10-22(11-9-17)18-4-6-19(23)7-5-18/h4-7,12-13,17,21,23H,8-11H2,1-3H3. The van der Waals surface area contributed by atoms with Gasteiger partial charge < -0.3 is 15.3 Å². The molecule has 23 heavy (non-hydrogen) atoms. The van der Waals surface area contributed by atoms with E-state index in [4.69, 9.17) is 0 Å². The van der Waals surface area contributed by atoms with Crippen LogP contribution < -0.4 is 10.2 Å². The molecule has 1 aliphatic heterocycles. The molecule has 0 saturated carbocycles. The Hall–Kier alpha value is -2.16. The van der Waals surface area contributed by atoms with Gasteiger partial charge in [0.2, 0.25) is 0 Å². The molecule has 2 N–H and O–H groups in total. The number of nitrogens with zero attached hydrogens (tertiary/aromatic N) is 1. The predicted octanol–water partition coefficient (Wildman–Crippen LogP) is 4.40. The molecule has 2 aromatic rings. The van der Waals surface area contributed by atoms with Gasteiger partial charge in [0.15, 0.2) is 0 Å². The highest BCUT2D eigenvalue weighted by Crippen LogP contribution is 2.27. The van der Waals surface area contributed by atoms with Crippen LogP contribution in [0.4, 0.5) is 11.4 Å². The average Bonchev–Trinajstić information content (AvgIpc) is 2.52. The van der Waals surface area contributed by atoms with Gasteiger partial charge in [-0.25, -0.2) is 0 Å². The minimum atomic E-state index is 0.329. The number of hydrogen-bond donors (Lipinski definition) is 2. The molecule has 3 heteroatoms. The van der Waals surface area contributed by atoms with E-state index in [1.165, 1.54) is 28.1 Å². The Labute approximate surface area is 139 Å². The molecule has 1 heterocycles. The highest BCUT2D eigenvalue weighted by atomic mass is 16.3. The summed E-state index contributed by atoms with van der Waals surface area (Å²) in [6.45, 7) is 8.63. The molecule has 0 unspecified atom stereocenters. The number of anilines is 2. The van der Waals surface area contributed by atoms with E-state index in [0.717, 1.165) is 25.9 Å². The Bertz CT molecular complexity index is 648. The van der Waals surface area contributed by atoms with Crippen LogP contribution in [-0.4, -0.2) is 24.2 Å². The van der Waals surface area contributed by atoms with E-state index in [1.54, 1.807) is 12.1 Å². The van der Waals surface area contributed by atoms with Crippen LogP contribution in [0.5, 0.6) is 5.75 Å². The van der Waals surface area contributed by atoms with E-state index in [1.807, 2.05) is 12.1 Å². The van der Waals surface area contributed by atoms with Crippen molar-refractivity contribution in [2.24, 2.45) is 0 Å². The van der Waals surface area contributed by atoms with Crippen LogP contribution in [-0.2, 0) is 0 Å². The molecule has 2 aromatic carbocycles. The van der Waals surface area contributed by atoms with Gasteiger partial charge in [0.1, 0.15) is 5.75 Å². The smallest absolute Gasteiger partial charge is 0.115 e. The van der Waals surface area contributed by atoms with Crippen LogP contribution in [0.1, 0.15) is 29.5 Å². The fraction of sp³-hybridized carbons (Fsp3) is 0.400.